The molecular formula is C23H41N3O. The molecule has 0 bridgehead atoms. The van der Waals surface area contributed by atoms with Crippen molar-refractivity contribution >= 4 is 5.91 Å². The zero-order chi connectivity index (χ0) is 20.6. The second kappa shape index (κ2) is 7.98. The zero-order valence-electron chi connectivity index (χ0n) is 19.1. The van der Waals surface area contributed by atoms with Gasteiger partial charge in [0.05, 0.1) is 5.56 Å². The molecule has 1 saturated heterocycles. The highest BCUT2D eigenvalue weighted by atomic mass is 16.2. The number of unbranched alkanes of at least 4 members (excludes halogenated alkanes) is 1. The van der Waals surface area contributed by atoms with Gasteiger partial charge in [-0.3, -0.25) is 4.79 Å². The van der Waals surface area contributed by atoms with Crippen LogP contribution in [0.4, 0.5) is 0 Å². The Labute approximate surface area is 166 Å². The van der Waals surface area contributed by atoms with E-state index in [0.29, 0.717) is 6.04 Å². The van der Waals surface area contributed by atoms with E-state index in [1.807, 2.05) is 0 Å². The minimum Gasteiger partial charge on any atom is -0.346 e. The van der Waals surface area contributed by atoms with Crippen LogP contribution in [0.3, 0.4) is 0 Å². The smallest absolute Gasteiger partial charge is 0.255 e. The van der Waals surface area contributed by atoms with Crippen molar-refractivity contribution in [3.05, 3.63) is 23.0 Å². The van der Waals surface area contributed by atoms with Crippen molar-refractivity contribution in [3.63, 3.8) is 0 Å². The molecular weight excluding hydrogens is 334 g/mol. The topological polar surface area (TPSA) is 37.3 Å². The molecule has 0 saturated carbocycles. The fourth-order valence-corrected chi connectivity index (χ4v) is 5.21. The van der Waals surface area contributed by atoms with Crippen molar-refractivity contribution in [1.29, 1.82) is 0 Å². The van der Waals surface area contributed by atoms with Crippen molar-refractivity contribution in [3.8, 4) is 0 Å². The Morgan fingerprint density at radius 2 is 1.78 bits per heavy atom. The van der Waals surface area contributed by atoms with E-state index in [0.717, 1.165) is 43.5 Å². The van der Waals surface area contributed by atoms with Gasteiger partial charge in [-0.2, -0.15) is 0 Å². The predicted octanol–water partition coefficient (Wildman–Crippen LogP) is 5.24. The van der Waals surface area contributed by atoms with Gasteiger partial charge in [-0.1, -0.05) is 13.3 Å². The first-order chi connectivity index (χ1) is 12.4. The first-order valence-electron chi connectivity index (χ1n) is 10.7. The Balaban J connectivity index is 2.39. The number of aryl methyl sites for hydroxylation is 1. The van der Waals surface area contributed by atoms with Crippen molar-refractivity contribution < 1.29 is 4.79 Å². The molecule has 1 aliphatic heterocycles. The largest absolute Gasteiger partial charge is 0.346 e. The number of hydrogen-bond donors (Lipinski definition) is 1. The van der Waals surface area contributed by atoms with Crippen molar-refractivity contribution in [1.82, 2.24) is 14.8 Å². The minimum atomic E-state index is 0.0337. The minimum absolute atomic E-state index is 0.0337. The van der Waals surface area contributed by atoms with Crippen molar-refractivity contribution in [2.75, 3.05) is 6.54 Å². The fraction of sp³-hybridized carbons (Fsp3) is 0.783. The summed E-state index contributed by atoms with van der Waals surface area (Å²) in [6.45, 7) is 20.6. The van der Waals surface area contributed by atoms with Crippen molar-refractivity contribution in [2.45, 2.75) is 111 Å². The molecule has 0 atom stereocenters. The molecule has 154 valence electrons. The summed E-state index contributed by atoms with van der Waals surface area (Å²) in [5, 5.41) is 3.75. The van der Waals surface area contributed by atoms with Gasteiger partial charge < -0.3 is 14.8 Å². The molecule has 0 aromatic carbocycles. The van der Waals surface area contributed by atoms with Crippen LogP contribution in [0.1, 0.15) is 102 Å². The summed E-state index contributed by atoms with van der Waals surface area (Å²) in [5.41, 5.74) is 3.22. The Morgan fingerprint density at radius 1 is 1.22 bits per heavy atom. The predicted molar refractivity (Wildman–Crippen MR) is 115 cm³/mol. The quantitative estimate of drug-likeness (QED) is 0.738. The van der Waals surface area contributed by atoms with Gasteiger partial charge in [0.2, 0.25) is 0 Å². The lowest BCUT2D eigenvalue weighted by Gasteiger charge is -2.49. The van der Waals surface area contributed by atoms with E-state index in [1.165, 1.54) is 5.69 Å². The zero-order valence-corrected chi connectivity index (χ0v) is 19.1. The summed E-state index contributed by atoms with van der Waals surface area (Å²) < 4.78 is 2.28. The molecule has 0 aliphatic carbocycles. The van der Waals surface area contributed by atoms with E-state index in [9.17, 15) is 4.79 Å². The summed E-state index contributed by atoms with van der Waals surface area (Å²) in [7, 11) is 0. The van der Waals surface area contributed by atoms with E-state index in [4.69, 9.17) is 0 Å². The second-order valence-corrected chi connectivity index (χ2v) is 10.1. The van der Waals surface area contributed by atoms with Gasteiger partial charge in [0.1, 0.15) is 0 Å². The lowest BCUT2D eigenvalue weighted by Crippen LogP contribution is -2.62. The van der Waals surface area contributed by atoms with Crippen molar-refractivity contribution in [2.24, 2.45) is 0 Å². The average Bonchev–Trinajstić information content (AvgIpc) is 2.79. The Kier molecular flexibility index (Phi) is 6.51. The lowest BCUT2D eigenvalue weighted by molar-refractivity contribution is 0.0441. The first-order valence-corrected chi connectivity index (χ1v) is 10.7. The summed E-state index contributed by atoms with van der Waals surface area (Å²) in [5.74, 6) is 0.210. The van der Waals surface area contributed by atoms with Gasteiger partial charge in [-0.25, -0.2) is 0 Å². The van der Waals surface area contributed by atoms with Gasteiger partial charge in [0.25, 0.3) is 5.91 Å². The van der Waals surface area contributed by atoms with Crippen LogP contribution in [0, 0.1) is 13.8 Å². The molecule has 1 amide bonds. The highest BCUT2D eigenvalue weighted by molar-refractivity contribution is 5.96. The Bertz CT molecular complexity index is 653. The van der Waals surface area contributed by atoms with E-state index in [-0.39, 0.29) is 23.0 Å². The molecule has 1 aromatic heterocycles. The maximum Gasteiger partial charge on any atom is 0.255 e. The standard InChI is InChI=1S/C23H41N3O/c1-10-11-12-25(19-14-22(6,7)24-23(8,9)15-19)21(27)20-13-17(4)26(16(2)3)18(20)5/h13,16,19,24H,10-12,14-15H2,1-9H3. The van der Waals surface area contributed by atoms with Gasteiger partial charge >= 0.3 is 0 Å². The van der Waals surface area contributed by atoms with Crippen LogP contribution in [0.15, 0.2) is 6.07 Å². The number of hydrogen-bond acceptors (Lipinski definition) is 2. The molecule has 2 heterocycles. The molecule has 0 spiro atoms. The van der Waals surface area contributed by atoms with Gasteiger partial charge in [-0.05, 0) is 80.7 Å². The molecule has 4 nitrogen and oxygen atoms in total. The molecule has 27 heavy (non-hydrogen) atoms. The number of carbonyl (C=O) groups excluding carboxylic acids is 1. The SMILES string of the molecule is CCCCN(C(=O)c1cc(C)n(C(C)C)c1C)C1CC(C)(C)NC(C)(C)C1. The van der Waals surface area contributed by atoms with Gasteiger partial charge in [0.15, 0.2) is 0 Å². The third-order valence-corrected chi connectivity index (χ3v) is 5.85. The molecule has 0 radical (unpaired) electrons. The van der Waals surface area contributed by atoms with Crippen LogP contribution >= 0.6 is 0 Å². The summed E-state index contributed by atoms with van der Waals surface area (Å²) >= 11 is 0. The number of piperidine rings is 1. The molecule has 1 fully saturated rings. The van der Waals surface area contributed by atoms with Crippen LogP contribution in [0.25, 0.3) is 0 Å². The van der Waals surface area contributed by atoms with Crippen LogP contribution in [0.2, 0.25) is 0 Å². The maximum atomic E-state index is 13.7. The Morgan fingerprint density at radius 3 is 2.22 bits per heavy atom. The first kappa shape index (κ1) is 22.0. The number of rotatable bonds is 6. The molecule has 1 N–H and O–H groups in total. The van der Waals surface area contributed by atoms with Gasteiger partial charge in [0, 0.05) is 41.1 Å². The highest BCUT2D eigenvalue weighted by Crippen LogP contribution is 2.33. The number of nitrogens with zero attached hydrogens (tertiary/aromatic N) is 2. The lowest BCUT2D eigenvalue weighted by atomic mass is 9.78. The third-order valence-electron chi connectivity index (χ3n) is 5.85. The summed E-state index contributed by atoms with van der Waals surface area (Å²) in [6, 6.07) is 2.73. The molecule has 2 rings (SSSR count). The van der Waals surface area contributed by atoms with E-state index in [1.54, 1.807) is 0 Å². The highest BCUT2D eigenvalue weighted by Gasteiger charge is 2.41. The maximum absolute atomic E-state index is 13.7. The van der Waals surface area contributed by atoms with Crippen LogP contribution < -0.4 is 5.32 Å². The monoisotopic (exact) mass is 375 g/mol. The van der Waals surface area contributed by atoms with Gasteiger partial charge in [-0.15, -0.1) is 0 Å². The second-order valence-electron chi connectivity index (χ2n) is 10.1. The average molecular weight is 376 g/mol. The number of aromatic nitrogens is 1. The third kappa shape index (κ3) is 4.96. The summed E-state index contributed by atoms with van der Waals surface area (Å²) in [6.07, 6.45) is 4.15. The molecule has 4 heteroatoms. The number of carbonyl (C=O) groups is 1. The van der Waals surface area contributed by atoms with E-state index < -0.39 is 0 Å². The molecule has 0 unspecified atom stereocenters. The van der Waals surface area contributed by atoms with Crippen LogP contribution in [-0.4, -0.2) is 39.0 Å². The van der Waals surface area contributed by atoms with E-state index >= 15 is 0 Å². The van der Waals surface area contributed by atoms with E-state index in [2.05, 4.69) is 83.2 Å². The Hall–Kier alpha value is -1.29. The van der Waals surface area contributed by atoms with Crippen LogP contribution in [-0.2, 0) is 0 Å². The summed E-state index contributed by atoms with van der Waals surface area (Å²) in [4.78, 5) is 15.9. The van der Waals surface area contributed by atoms with Crippen LogP contribution in [0.5, 0.6) is 0 Å². The number of nitrogens with one attached hydrogen (secondary N) is 1. The molecule has 1 aliphatic rings. The number of amides is 1. The normalized spacial score (nSPS) is 19.5. The molecule has 1 aromatic rings. The fourth-order valence-electron chi connectivity index (χ4n) is 5.21.